The number of carbonyl (C=O) groups is 1. The van der Waals surface area contributed by atoms with Gasteiger partial charge >= 0.3 is 5.97 Å². The highest BCUT2D eigenvalue weighted by Gasteiger charge is 2.28. The highest BCUT2D eigenvalue weighted by Crippen LogP contribution is 2.42. The van der Waals surface area contributed by atoms with E-state index in [9.17, 15) is 9.59 Å². The number of fused-ring (bicyclic) bond motifs is 4. The van der Waals surface area contributed by atoms with E-state index in [2.05, 4.69) is 0 Å². The molecular weight excluding hydrogens is 416 g/mol. The number of rotatable bonds is 5. The highest BCUT2D eigenvalue weighted by molar-refractivity contribution is 6.05. The summed E-state index contributed by atoms with van der Waals surface area (Å²) in [6, 6.07) is 14.1. The second-order valence-corrected chi connectivity index (χ2v) is 7.03. The smallest absolute Gasteiger partial charge is 0.341 e. The van der Waals surface area contributed by atoms with E-state index in [0.29, 0.717) is 11.5 Å². The molecule has 2 heterocycles. The molecule has 0 unspecified atom stereocenters. The lowest BCUT2D eigenvalue weighted by Crippen LogP contribution is -2.11. The van der Waals surface area contributed by atoms with E-state index in [1.165, 1.54) is 20.3 Å². The van der Waals surface area contributed by atoms with Crippen LogP contribution in [0, 0.1) is 0 Å². The Morgan fingerprint density at radius 2 is 1.84 bits per heavy atom. The van der Waals surface area contributed by atoms with Gasteiger partial charge in [-0.25, -0.2) is 4.79 Å². The standard InChI is InChI=1S/C24H18O8/c1-27-21-14(24(26)28-2)10-17(29-11-13-6-4-3-5-7-13)19-20(25)18-15(32-23(19)21)8-9-16-22(18)31-12-30-16/h3-10H,11-12H2,1-2H3. The fourth-order valence-electron chi connectivity index (χ4n) is 3.73. The van der Waals surface area contributed by atoms with Crippen LogP contribution in [0.2, 0.25) is 0 Å². The van der Waals surface area contributed by atoms with Crippen LogP contribution in [0.3, 0.4) is 0 Å². The van der Waals surface area contributed by atoms with E-state index in [-0.39, 0.29) is 57.8 Å². The van der Waals surface area contributed by atoms with E-state index in [1.807, 2.05) is 30.3 Å². The van der Waals surface area contributed by atoms with Crippen LogP contribution in [0.25, 0.3) is 21.9 Å². The monoisotopic (exact) mass is 434 g/mol. The molecule has 5 rings (SSSR count). The van der Waals surface area contributed by atoms with Gasteiger partial charge in [0.15, 0.2) is 22.8 Å². The van der Waals surface area contributed by atoms with Crippen molar-refractivity contribution in [3.05, 3.63) is 69.9 Å². The molecule has 0 N–H and O–H groups in total. The third-order valence-electron chi connectivity index (χ3n) is 5.21. The largest absolute Gasteiger partial charge is 0.492 e. The van der Waals surface area contributed by atoms with Crippen LogP contribution in [-0.4, -0.2) is 27.0 Å². The summed E-state index contributed by atoms with van der Waals surface area (Å²) < 4.78 is 33.3. The van der Waals surface area contributed by atoms with Gasteiger partial charge in [0.05, 0.1) is 14.2 Å². The van der Waals surface area contributed by atoms with E-state index < -0.39 is 5.97 Å². The van der Waals surface area contributed by atoms with Crippen molar-refractivity contribution in [3.8, 4) is 23.0 Å². The Bertz CT molecular complexity index is 1410. The molecule has 32 heavy (non-hydrogen) atoms. The molecule has 0 aliphatic carbocycles. The van der Waals surface area contributed by atoms with E-state index in [1.54, 1.807) is 12.1 Å². The van der Waals surface area contributed by atoms with Gasteiger partial charge in [0.25, 0.3) is 0 Å². The first kappa shape index (κ1) is 19.7. The van der Waals surface area contributed by atoms with Gasteiger partial charge in [0.2, 0.25) is 12.2 Å². The predicted octanol–water partition coefficient (Wildman–Crippen LogP) is 4.05. The van der Waals surface area contributed by atoms with Crippen molar-refractivity contribution in [2.75, 3.05) is 21.0 Å². The summed E-state index contributed by atoms with van der Waals surface area (Å²) in [5, 5.41) is 0.353. The molecule has 4 aromatic rings. The Hall–Kier alpha value is -4.20. The van der Waals surface area contributed by atoms with Crippen molar-refractivity contribution in [3.63, 3.8) is 0 Å². The first-order valence-electron chi connectivity index (χ1n) is 9.77. The maximum atomic E-state index is 13.7. The van der Waals surface area contributed by atoms with Crippen molar-refractivity contribution in [2.45, 2.75) is 6.61 Å². The van der Waals surface area contributed by atoms with E-state index in [0.717, 1.165) is 5.56 Å². The third-order valence-corrected chi connectivity index (χ3v) is 5.21. The topological polar surface area (TPSA) is 93.4 Å². The Morgan fingerprint density at radius 1 is 1.03 bits per heavy atom. The van der Waals surface area contributed by atoms with Gasteiger partial charge in [0, 0.05) is 0 Å². The lowest BCUT2D eigenvalue weighted by molar-refractivity contribution is 0.0596. The van der Waals surface area contributed by atoms with Crippen LogP contribution in [0.1, 0.15) is 15.9 Å². The summed E-state index contributed by atoms with van der Waals surface area (Å²) in [7, 11) is 2.64. The average molecular weight is 434 g/mol. The van der Waals surface area contributed by atoms with Crippen molar-refractivity contribution in [2.24, 2.45) is 0 Å². The molecule has 8 nitrogen and oxygen atoms in total. The number of hydrogen-bond acceptors (Lipinski definition) is 8. The summed E-state index contributed by atoms with van der Waals surface area (Å²) in [4.78, 5) is 26.1. The normalized spacial score (nSPS) is 12.2. The van der Waals surface area contributed by atoms with Crippen molar-refractivity contribution in [1.29, 1.82) is 0 Å². The second-order valence-electron chi connectivity index (χ2n) is 7.03. The SMILES string of the molecule is COC(=O)c1cc(OCc2ccccc2)c2c(=O)c3c4c(ccc3oc2c1OC)OCO4. The molecule has 1 aliphatic heterocycles. The van der Waals surface area contributed by atoms with Gasteiger partial charge in [-0.3, -0.25) is 4.79 Å². The Morgan fingerprint density at radius 3 is 2.59 bits per heavy atom. The zero-order valence-corrected chi connectivity index (χ0v) is 17.3. The first-order chi connectivity index (χ1) is 15.6. The zero-order chi connectivity index (χ0) is 22.2. The molecule has 0 fully saturated rings. The van der Waals surface area contributed by atoms with Crippen LogP contribution < -0.4 is 24.4 Å². The molecule has 0 radical (unpaired) electrons. The zero-order valence-electron chi connectivity index (χ0n) is 17.3. The predicted molar refractivity (Wildman–Crippen MR) is 115 cm³/mol. The fourth-order valence-corrected chi connectivity index (χ4v) is 3.73. The summed E-state index contributed by atoms with van der Waals surface area (Å²) in [6.45, 7) is 0.181. The minimum atomic E-state index is -0.651. The molecule has 0 spiro atoms. The summed E-state index contributed by atoms with van der Waals surface area (Å²) in [5.41, 5.74) is 0.921. The van der Waals surface area contributed by atoms with Crippen molar-refractivity contribution < 1.29 is 32.9 Å². The number of hydrogen-bond donors (Lipinski definition) is 0. The molecule has 162 valence electrons. The highest BCUT2D eigenvalue weighted by atomic mass is 16.7. The maximum absolute atomic E-state index is 13.7. The van der Waals surface area contributed by atoms with Gasteiger partial charge in [-0.15, -0.1) is 0 Å². The summed E-state index contributed by atoms with van der Waals surface area (Å²) in [6.07, 6.45) is 0. The van der Waals surface area contributed by atoms with Crippen molar-refractivity contribution >= 4 is 27.9 Å². The maximum Gasteiger partial charge on any atom is 0.341 e. The van der Waals surface area contributed by atoms with Crippen LogP contribution in [0.5, 0.6) is 23.0 Å². The third kappa shape index (κ3) is 3.08. The number of esters is 1. The second kappa shape index (κ2) is 7.81. The number of carbonyl (C=O) groups excluding carboxylic acids is 1. The van der Waals surface area contributed by atoms with Crippen LogP contribution >= 0.6 is 0 Å². The Kier molecular flexibility index (Phi) is 4.82. The Balaban J connectivity index is 1.81. The van der Waals surface area contributed by atoms with Gasteiger partial charge in [-0.05, 0) is 23.8 Å². The molecule has 0 saturated heterocycles. The molecule has 1 aliphatic rings. The van der Waals surface area contributed by atoms with Crippen LogP contribution in [0.15, 0.2) is 57.7 Å². The van der Waals surface area contributed by atoms with E-state index in [4.69, 9.17) is 28.1 Å². The summed E-state index contributed by atoms with van der Waals surface area (Å²) in [5.74, 6) is 0.353. The molecule has 0 saturated carbocycles. The molecular formula is C24H18O8. The molecule has 0 atom stereocenters. The number of methoxy groups -OCH3 is 2. The summed E-state index contributed by atoms with van der Waals surface area (Å²) >= 11 is 0. The molecule has 0 bridgehead atoms. The first-order valence-corrected chi connectivity index (χ1v) is 9.77. The fraction of sp³-hybridized carbons (Fsp3) is 0.167. The lowest BCUT2D eigenvalue weighted by atomic mass is 10.1. The Labute approximate surface area is 181 Å². The van der Waals surface area contributed by atoms with Crippen LogP contribution in [-0.2, 0) is 11.3 Å². The number of ether oxygens (including phenoxy) is 5. The quantitative estimate of drug-likeness (QED) is 0.343. The van der Waals surface area contributed by atoms with Gasteiger partial charge in [0.1, 0.15) is 34.3 Å². The van der Waals surface area contributed by atoms with Gasteiger partial charge < -0.3 is 28.1 Å². The minimum Gasteiger partial charge on any atom is -0.492 e. The minimum absolute atomic E-state index is 0.00783. The number of benzene rings is 3. The average Bonchev–Trinajstić information content (AvgIpc) is 3.31. The van der Waals surface area contributed by atoms with Crippen LogP contribution in [0.4, 0.5) is 0 Å². The lowest BCUT2D eigenvalue weighted by Gasteiger charge is -2.15. The van der Waals surface area contributed by atoms with E-state index >= 15 is 0 Å². The molecule has 0 amide bonds. The molecule has 8 heteroatoms. The van der Waals surface area contributed by atoms with Crippen molar-refractivity contribution in [1.82, 2.24) is 0 Å². The van der Waals surface area contributed by atoms with Gasteiger partial charge in [-0.2, -0.15) is 0 Å². The molecule has 1 aromatic heterocycles. The molecule has 3 aromatic carbocycles. The van der Waals surface area contributed by atoms with Gasteiger partial charge in [-0.1, -0.05) is 30.3 Å².